The van der Waals surface area contributed by atoms with Crippen molar-refractivity contribution in [3.8, 4) is 0 Å². The molecule has 1 aromatic rings. The largest absolute Gasteiger partial charge is 0.465 e. The summed E-state index contributed by atoms with van der Waals surface area (Å²) in [5.74, 6) is -1.05. The molecular formula is C10H12ClN5O2. The summed E-state index contributed by atoms with van der Waals surface area (Å²) in [7, 11) is 1.25. The quantitative estimate of drug-likeness (QED) is 0.405. The van der Waals surface area contributed by atoms with Crippen LogP contribution in [0.15, 0.2) is 28.2 Å². The van der Waals surface area contributed by atoms with E-state index in [2.05, 4.69) is 14.7 Å². The second-order valence-electron chi connectivity index (χ2n) is 3.13. The third kappa shape index (κ3) is 3.36. The highest BCUT2D eigenvalue weighted by molar-refractivity contribution is 6.34. The van der Waals surface area contributed by atoms with E-state index in [-0.39, 0.29) is 28.2 Å². The lowest BCUT2D eigenvalue weighted by Gasteiger charge is -2.05. The number of rotatable bonds is 2. The average molecular weight is 270 g/mol. The molecule has 0 spiro atoms. The van der Waals surface area contributed by atoms with Crippen molar-refractivity contribution in [2.75, 3.05) is 7.11 Å². The maximum atomic E-state index is 11.5. The van der Waals surface area contributed by atoms with Crippen molar-refractivity contribution in [1.82, 2.24) is 0 Å². The highest BCUT2D eigenvalue weighted by Crippen LogP contribution is 2.29. The van der Waals surface area contributed by atoms with E-state index < -0.39 is 5.97 Å². The fourth-order valence-corrected chi connectivity index (χ4v) is 1.39. The van der Waals surface area contributed by atoms with Crippen molar-refractivity contribution in [3.63, 3.8) is 0 Å². The van der Waals surface area contributed by atoms with E-state index in [1.54, 1.807) is 12.1 Å². The Bertz CT molecular complexity index is 523. The van der Waals surface area contributed by atoms with Gasteiger partial charge in [-0.2, -0.15) is 4.99 Å². The van der Waals surface area contributed by atoms with Crippen molar-refractivity contribution in [1.29, 1.82) is 0 Å². The molecule has 18 heavy (non-hydrogen) atoms. The molecule has 6 N–H and O–H groups in total. The van der Waals surface area contributed by atoms with Gasteiger partial charge in [-0.15, -0.1) is 0 Å². The zero-order chi connectivity index (χ0) is 13.7. The third-order valence-corrected chi connectivity index (χ3v) is 2.17. The number of benzene rings is 1. The van der Waals surface area contributed by atoms with Crippen LogP contribution in [0.25, 0.3) is 0 Å². The van der Waals surface area contributed by atoms with Gasteiger partial charge < -0.3 is 21.9 Å². The third-order valence-electron chi connectivity index (χ3n) is 1.86. The van der Waals surface area contributed by atoms with Crippen LogP contribution in [0.3, 0.4) is 0 Å². The van der Waals surface area contributed by atoms with Gasteiger partial charge in [0.2, 0.25) is 5.96 Å². The summed E-state index contributed by atoms with van der Waals surface area (Å²) in [6.45, 7) is 0. The van der Waals surface area contributed by atoms with Gasteiger partial charge in [0, 0.05) is 0 Å². The van der Waals surface area contributed by atoms with Crippen molar-refractivity contribution in [2.45, 2.75) is 0 Å². The van der Waals surface area contributed by atoms with Gasteiger partial charge in [-0.05, 0) is 12.1 Å². The van der Waals surface area contributed by atoms with Gasteiger partial charge in [-0.1, -0.05) is 17.7 Å². The molecule has 1 aromatic carbocycles. The van der Waals surface area contributed by atoms with Crippen LogP contribution in [-0.4, -0.2) is 25.0 Å². The number of aliphatic imine (C=N–C) groups is 2. The molecule has 0 radical (unpaired) electrons. The normalized spacial score (nSPS) is 10.9. The summed E-state index contributed by atoms with van der Waals surface area (Å²) in [5.41, 5.74) is 16.1. The minimum absolute atomic E-state index is 0.147. The first kappa shape index (κ1) is 13.8. The lowest BCUT2D eigenvalue weighted by molar-refractivity contribution is 0.0601. The topological polar surface area (TPSA) is 129 Å². The fourth-order valence-electron chi connectivity index (χ4n) is 1.18. The number of nitrogens with zero attached hydrogens (tertiary/aromatic N) is 2. The Kier molecular flexibility index (Phi) is 4.50. The Balaban J connectivity index is 3.31. The SMILES string of the molecule is COC(=O)c1cccc(Cl)c1N=C(N)N=C(N)N. The molecule has 0 amide bonds. The maximum absolute atomic E-state index is 11.5. The number of esters is 1. The average Bonchev–Trinajstić information content (AvgIpc) is 2.29. The molecule has 96 valence electrons. The zero-order valence-electron chi connectivity index (χ0n) is 9.55. The van der Waals surface area contributed by atoms with Crippen LogP contribution in [0.1, 0.15) is 10.4 Å². The molecule has 0 aliphatic heterocycles. The molecule has 0 aromatic heterocycles. The highest BCUT2D eigenvalue weighted by Gasteiger charge is 2.14. The van der Waals surface area contributed by atoms with E-state index in [1.807, 2.05) is 0 Å². The van der Waals surface area contributed by atoms with Crippen molar-refractivity contribution in [3.05, 3.63) is 28.8 Å². The fraction of sp³-hybridized carbons (Fsp3) is 0.100. The summed E-state index contributed by atoms with van der Waals surface area (Å²) in [5, 5.41) is 0.228. The molecule has 0 aliphatic carbocycles. The number of guanidine groups is 2. The molecule has 0 atom stereocenters. The summed E-state index contributed by atoms with van der Waals surface area (Å²) >= 11 is 5.93. The van der Waals surface area contributed by atoms with E-state index in [0.29, 0.717) is 0 Å². The lowest BCUT2D eigenvalue weighted by atomic mass is 10.2. The first-order valence-corrected chi connectivity index (χ1v) is 5.14. The van der Waals surface area contributed by atoms with Crippen molar-refractivity contribution in [2.24, 2.45) is 27.2 Å². The second kappa shape index (κ2) is 5.87. The Morgan fingerprint density at radius 2 is 2.00 bits per heavy atom. The number of halogens is 1. The molecule has 0 fully saturated rings. The lowest BCUT2D eigenvalue weighted by Crippen LogP contribution is -2.26. The first-order valence-electron chi connectivity index (χ1n) is 4.76. The zero-order valence-corrected chi connectivity index (χ0v) is 10.3. The summed E-state index contributed by atoms with van der Waals surface area (Å²) in [4.78, 5) is 18.9. The number of nitrogens with two attached hydrogens (primary N) is 3. The number of hydrogen-bond donors (Lipinski definition) is 3. The monoisotopic (exact) mass is 269 g/mol. The number of ether oxygens (including phenoxy) is 1. The van der Waals surface area contributed by atoms with E-state index in [4.69, 9.17) is 28.8 Å². The van der Waals surface area contributed by atoms with Crippen LogP contribution in [0.4, 0.5) is 5.69 Å². The predicted octanol–water partition coefficient (Wildman–Crippen LogP) is 0.346. The Hall–Kier alpha value is -2.28. The minimum atomic E-state index is -0.589. The molecule has 0 bridgehead atoms. The van der Waals surface area contributed by atoms with E-state index in [1.165, 1.54) is 13.2 Å². The smallest absolute Gasteiger partial charge is 0.340 e. The van der Waals surface area contributed by atoms with Crippen molar-refractivity contribution < 1.29 is 9.53 Å². The minimum Gasteiger partial charge on any atom is -0.465 e. The first-order chi connectivity index (χ1) is 8.45. The van der Waals surface area contributed by atoms with Gasteiger partial charge in [-0.25, -0.2) is 9.79 Å². The molecule has 0 saturated heterocycles. The maximum Gasteiger partial charge on any atom is 0.340 e. The molecule has 8 heteroatoms. The van der Waals surface area contributed by atoms with Gasteiger partial charge in [0.15, 0.2) is 5.96 Å². The van der Waals surface area contributed by atoms with Crippen LogP contribution in [0.2, 0.25) is 5.02 Å². The standard InChI is InChI=1S/C10H12ClN5O2/c1-18-8(17)5-3-2-4-6(11)7(5)15-10(14)16-9(12)13/h2-4H,1H3,(H6,12,13,14,15,16). The van der Waals surface area contributed by atoms with E-state index >= 15 is 0 Å². The van der Waals surface area contributed by atoms with Crippen LogP contribution < -0.4 is 17.2 Å². The predicted molar refractivity (Wildman–Crippen MR) is 69.9 cm³/mol. The molecule has 7 nitrogen and oxygen atoms in total. The number of carbonyl (C=O) groups is 1. The van der Waals surface area contributed by atoms with Gasteiger partial charge in [0.05, 0.1) is 17.7 Å². The summed E-state index contributed by atoms with van der Waals surface area (Å²) < 4.78 is 4.60. The van der Waals surface area contributed by atoms with Gasteiger partial charge in [0.25, 0.3) is 0 Å². The van der Waals surface area contributed by atoms with Crippen LogP contribution in [0.5, 0.6) is 0 Å². The van der Waals surface area contributed by atoms with Gasteiger partial charge in [0.1, 0.15) is 5.69 Å². The molecule has 1 rings (SSSR count). The molecule has 0 unspecified atom stereocenters. The molecule has 0 saturated carbocycles. The van der Waals surface area contributed by atoms with Crippen LogP contribution in [0, 0.1) is 0 Å². The van der Waals surface area contributed by atoms with Crippen LogP contribution in [-0.2, 0) is 4.74 Å². The molecular weight excluding hydrogens is 258 g/mol. The Labute approximate surface area is 108 Å². The number of hydrogen-bond acceptors (Lipinski definition) is 3. The summed E-state index contributed by atoms with van der Waals surface area (Å²) in [6.07, 6.45) is 0. The summed E-state index contributed by atoms with van der Waals surface area (Å²) in [6, 6.07) is 4.64. The van der Waals surface area contributed by atoms with E-state index in [9.17, 15) is 4.79 Å². The van der Waals surface area contributed by atoms with E-state index in [0.717, 1.165) is 0 Å². The highest BCUT2D eigenvalue weighted by atomic mass is 35.5. The molecule has 0 heterocycles. The Morgan fingerprint density at radius 3 is 2.56 bits per heavy atom. The second-order valence-corrected chi connectivity index (χ2v) is 3.54. The van der Waals surface area contributed by atoms with Gasteiger partial charge in [-0.3, -0.25) is 0 Å². The number of para-hydroxylation sites is 1. The van der Waals surface area contributed by atoms with Crippen LogP contribution >= 0.6 is 11.6 Å². The Morgan fingerprint density at radius 1 is 1.33 bits per heavy atom. The number of carbonyl (C=O) groups excluding carboxylic acids is 1. The van der Waals surface area contributed by atoms with Crippen molar-refractivity contribution >= 4 is 35.2 Å². The van der Waals surface area contributed by atoms with Gasteiger partial charge >= 0.3 is 5.97 Å². The number of methoxy groups -OCH3 is 1. The molecule has 0 aliphatic rings.